The van der Waals surface area contributed by atoms with Crippen LogP contribution in [0.2, 0.25) is 5.02 Å². The van der Waals surface area contributed by atoms with Gasteiger partial charge in [-0.2, -0.15) is 5.10 Å². The molecule has 124 valence electrons. The molecule has 0 atom stereocenters. The fourth-order valence-corrected chi connectivity index (χ4v) is 3.21. The minimum Gasteiger partial charge on any atom is -0.351 e. The van der Waals surface area contributed by atoms with Crippen molar-refractivity contribution in [2.45, 2.75) is 20.3 Å². The van der Waals surface area contributed by atoms with Gasteiger partial charge in [0.1, 0.15) is 10.7 Å². The third-order valence-corrected chi connectivity index (χ3v) is 4.71. The molecular formula is C16H16ClN5OS. The number of aromatic amines is 1. The van der Waals surface area contributed by atoms with Gasteiger partial charge in [0.05, 0.1) is 10.7 Å². The number of carbonyl (C=O) groups excluding carboxylic acids is 1. The van der Waals surface area contributed by atoms with Gasteiger partial charge in [-0.1, -0.05) is 11.6 Å². The van der Waals surface area contributed by atoms with Gasteiger partial charge in [-0.25, -0.2) is 9.97 Å². The predicted molar refractivity (Wildman–Crippen MR) is 94.5 cm³/mol. The molecule has 24 heavy (non-hydrogen) atoms. The Morgan fingerprint density at radius 3 is 2.67 bits per heavy atom. The maximum atomic E-state index is 12.1. The van der Waals surface area contributed by atoms with Crippen LogP contribution in [-0.4, -0.2) is 32.6 Å². The van der Waals surface area contributed by atoms with E-state index in [9.17, 15) is 4.79 Å². The quantitative estimate of drug-likeness (QED) is 0.731. The number of aromatic nitrogens is 4. The average Bonchev–Trinajstić information content (AvgIpc) is 3.14. The molecule has 3 aromatic rings. The number of carbonyl (C=O) groups is 1. The highest BCUT2D eigenvalue weighted by molar-refractivity contribution is 7.13. The maximum Gasteiger partial charge on any atom is 0.263 e. The molecular weight excluding hydrogens is 346 g/mol. The second-order valence-electron chi connectivity index (χ2n) is 5.27. The zero-order chi connectivity index (χ0) is 17.1. The average molecular weight is 362 g/mol. The van der Waals surface area contributed by atoms with E-state index in [2.05, 4.69) is 25.5 Å². The molecule has 0 fully saturated rings. The van der Waals surface area contributed by atoms with Crippen molar-refractivity contribution in [3.05, 3.63) is 50.7 Å². The highest BCUT2D eigenvalue weighted by Gasteiger charge is 2.13. The van der Waals surface area contributed by atoms with Crippen LogP contribution in [0.5, 0.6) is 0 Å². The smallest absolute Gasteiger partial charge is 0.263 e. The number of H-pyrrole nitrogens is 1. The lowest BCUT2D eigenvalue weighted by Crippen LogP contribution is -2.25. The monoisotopic (exact) mass is 361 g/mol. The van der Waals surface area contributed by atoms with E-state index in [0.29, 0.717) is 28.7 Å². The number of nitrogens with zero attached hydrogens (tertiary/aromatic N) is 3. The second kappa shape index (κ2) is 7.11. The number of rotatable bonds is 5. The van der Waals surface area contributed by atoms with Crippen LogP contribution in [0.1, 0.15) is 26.2 Å². The summed E-state index contributed by atoms with van der Waals surface area (Å²) in [6.07, 6.45) is 0.573. The summed E-state index contributed by atoms with van der Waals surface area (Å²) >= 11 is 7.27. The van der Waals surface area contributed by atoms with Crippen molar-refractivity contribution >= 4 is 28.8 Å². The third kappa shape index (κ3) is 3.80. The highest BCUT2D eigenvalue weighted by Crippen LogP contribution is 2.18. The van der Waals surface area contributed by atoms with E-state index in [1.54, 1.807) is 12.1 Å². The number of hydrogen-bond acceptors (Lipinski definition) is 5. The van der Waals surface area contributed by atoms with Gasteiger partial charge in [-0.3, -0.25) is 9.89 Å². The summed E-state index contributed by atoms with van der Waals surface area (Å²) in [4.78, 5) is 21.5. The number of halogens is 1. The topological polar surface area (TPSA) is 83.6 Å². The lowest BCUT2D eigenvalue weighted by atomic mass is 10.2. The molecule has 2 heterocycles. The summed E-state index contributed by atoms with van der Waals surface area (Å²) in [5, 5.41) is 11.5. The molecule has 0 spiro atoms. The molecule has 0 aliphatic carbocycles. The molecule has 0 radical (unpaired) electrons. The standard InChI is InChI=1S/C16H16ClN5OS/c1-9-14(24-10(2)19-9)16(23)18-8-7-13-20-15(22-21-13)11-3-5-12(17)6-4-11/h3-6H,7-8H2,1-2H3,(H,18,23)(H,20,21,22). The predicted octanol–water partition coefficient (Wildman–Crippen LogP) is 3.17. The highest BCUT2D eigenvalue weighted by atomic mass is 35.5. The van der Waals surface area contributed by atoms with Crippen LogP contribution in [0, 0.1) is 13.8 Å². The van der Waals surface area contributed by atoms with Crippen molar-refractivity contribution in [2.75, 3.05) is 6.54 Å². The molecule has 0 bridgehead atoms. The summed E-state index contributed by atoms with van der Waals surface area (Å²) < 4.78 is 0. The largest absolute Gasteiger partial charge is 0.351 e. The lowest BCUT2D eigenvalue weighted by Gasteiger charge is -2.02. The Balaban J connectivity index is 1.57. The van der Waals surface area contributed by atoms with E-state index in [1.807, 2.05) is 26.0 Å². The van der Waals surface area contributed by atoms with E-state index < -0.39 is 0 Å². The fraction of sp³-hybridized carbons (Fsp3) is 0.250. The van der Waals surface area contributed by atoms with Crippen LogP contribution in [0.25, 0.3) is 11.4 Å². The molecule has 0 aliphatic heterocycles. The van der Waals surface area contributed by atoms with Crippen LogP contribution >= 0.6 is 22.9 Å². The summed E-state index contributed by atoms with van der Waals surface area (Å²) in [7, 11) is 0. The van der Waals surface area contributed by atoms with E-state index in [1.165, 1.54) is 11.3 Å². The van der Waals surface area contributed by atoms with E-state index in [-0.39, 0.29) is 5.91 Å². The van der Waals surface area contributed by atoms with Gasteiger partial charge in [-0.15, -0.1) is 11.3 Å². The van der Waals surface area contributed by atoms with Crippen LogP contribution in [0.4, 0.5) is 0 Å². The van der Waals surface area contributed by atoms with Crippen molar-refractivity contribution in [1.29, 1.82) is 0 Å². The number of thiazole rings is 1. The first-order valence-electron chi connectivity index (χ1n) is 7.42. The van der Waals surface area contributed by atoms with Crippen molar-refractivity contribution < 1.29 is 4.79 Å². The van der Waals surface area contributed by atoms with E-state index >= 15 is 0 Å². The molecule has 0 saturated carbocycles. The molecule has 3 rings (SSSR count). The first-order chi connectivity index (χ1) is 11.5. The zero-order valence-corrected chi connectivity index (χ0v) is 14.8. The van der Waals surface area contributed by atoms with Crippen LogP contribution in [0.3, 0.4) is 0 Å². The Bertz CT molecular complexity index is 856. The molecule has 2 aromatic heterocycles. The SMILES string of the molecule is Cc1nc(C)c(C(=O)NCCc2nc(-c3ccc(Cl)cc3)n[nH]2)s1. The van der Waals surface area contributed by atoms with Crippen molar-refractivity contribution in [3.8, 4) is 11.4 Å². The number of amides is 1. The fourth-order valence-electron chi connectivity index (χ4n) is 2.25. The van der Waals surface area contributed by atoms with Crippen LogP contribution in [0.15, 0.2) is 24.3 Å². The van der Waals surface area contributed by atoms with Gasteiger partial charge in [0.15, 0.2) is 5.82 Å². The zero-order valence-electron chi connectivity index (χ0n) is 13.3. The van der Waals surface area contributed by atoms with Crippen LogP contribution in [-0.2, 0) is 6.42 Å². The molecule has 0 aliphatic rings. The Labute approximate surface area is 148 Å². The van der Waals surface area contributed by atoms with Crippen molar-refractivity contribution in [3.63, 3.8) is 0 Å². The van der Waals surface area contributed by atoms with Gasteiger partial charge in [-0.05, 0) is 38.1 Å². The van der Waals surface area contributed by atoms with Gasteiger partial charge in [0, 0.05) is 23.6 Å². The van der Waals surface area contributed by atoms with Gasteiger partial charge >= 0.3 is 0 Å². The van der Waals surface area contributed by atoms with Gasteiger partial charge in [0.25, 0.3) is 5.91 Å². The molecule has 8 heteroatoms. The summed E-state index contributed by atoms with van der Waals surface area (Å²) in [6.45, 7) is 4.21. The Kier molecular flexibility index (Phi) is 4.92. The van der Waals surface area contributed by atoms with Crippen LogP contribution < -0.4 is 5.32 Å². The molecule has 1 amide bonds. The number of aryl methyl sites for hydroxylation is 2. The van der Waals surface area contributed by atoms with E-state index in [4.69, 9.17) is 11.6 Å². The summed E-state index contributed by atoms with van der Waals surface area (Å²) in [5.41, 5.74) is 1.65. The van der Waals surface area contributed by atoms with Gasteiger partial charge < -0.3 is 5.32 Å². The minimum atomic E-state index is -0.101. The van der Waals surface area contributed by atoms with Crippen molar-refractivity contribution in [2.24, 2.45) is 0 Å². The Morgan fingerprint density at radius 2 is 2.00 bits per heavy atom. The van der Waals surface area contributed by atoms with Crippen molar-refractivity contribution in [1.82, 2.24) is 25.5 Å². The lowest BCUT2D eigenvalue weighted by molar-refractivity contribution is 0.0957. The summed E-state index contributed by atoms with van der Waals surface area (Å²) in [5.74, 6) is 1.23. The minimum absolute atomic E-state index is 0.101. The third-order valence-electron chi connectivity index (χ3n) is 3.39. The first-order valence-corrected chi connectivity index (χ1v) is 8.62. The number of nitrogens with one attached hydrogen (secondary N) is 2. The van der Waals surface area contributed by atoms with Gasteiger partial charge in [0.2, 0.25) is 0 Å². The number of hydrogen-bond donors (Lipinski definition) is 2. The maximum absolute atomic E-state index is 12.1. The normalized spacial score (nSPS) is 10.8. The number of benzene rings is 1. The molecule has 6 nitrogen and oxygen atoms in total. The van der Waals surface area contributed by atoms with E-state index in [0.717, 1.165) is 22.1 Å². The molecule has 1 aromatic carbocycles. The molecule has 0 saturated heterocycles. The Hall–Kier alpha value is -2.25. The summed E-state index contributed by atoms with van der Waals surface area (Å²) in [6, 6.07) is 7.33. The first kappa shape index (κ1) is 16.6. The Morgan fingerprint density at radius 1 is 1.25 bits per heavy atom. The second-order valence-corrected chi connectivity index (χ2v) is 6.91. The molecule has 0 unspecified atom stereocenters. The molecule has 2 N–H and O–H groups in total.